The molecule has 0 amide bonds. The highest BCUT2D eigenvalue weighted by Gasteiger charge is 2.40. The van der Waals surface area contributed by atoms with E-state index in [0.717, 1.165) is 22.4 Å². The highest BCUT2D eigenvalue weighted by molar-refractivity contribution is 5.84. The van der Waals surface area contributed by atoms with Crippen molar-refractivity contribution in [2.45, 2.75) is 33.6 Å². The fraction of sp³-hybridized carbons (Fsp3) is 0.273. The summed E-state index contributed by atoms with van der Waals surface area (Å²) in [7, 11) is 0. The minimum Gasteiger partial charge on any atom is -0.248 e. The average Bonchev–Trinajstić information content (AvgIpc) is 2.99. The summed E-state index contributed by atoms with van der Waals surface area (Å²) < 4.78 is 0. The minimum absolute atomic E-state index is 0.346. The summed E-state index contributed by atoms with van der Waals surface area (Å²) in [4.78, 5) is 9.77. The topological polar surface area (TPSA) is 25.8 Å². The predicted octanol–water partition coefficient (Wildman–Crippen LogP) is 5.85. The molecule has 0 spiro atoms. The van der Waals surface area contributed by atoms with Crippen LogP contribution in [0.15, 0.2) is 66.3 Å². The van der Waals surface area contributed by atoms with Crippen LogP contribution in [0.5, 0.6) is 0 Å². The molecule has 0 aliphatic heterocycles. The maximum Gasteiger partial charge on any atom is 0.0897 e. The number of para-hydroxylation sites is 2. The Morgan fingerprint density at radius 1 is 0.833 bits per heavy atom. The summed E-state index contributed by atoms with van der Waals surface area (Å²) in [5, 5.41) is 0. The predicted molar refractivity (Wildman–Crippen MR) is 103 cm³/mol. The van der Waals surface area contributed by atoms with Crippen molar-refractivity contribution >= 4 is 16.6 Å². The lowest BCUT2D eigenvalue weighted by atomic mass is 9.79. The molecule has 2 atom stereocenters. The second-order valence-electron chi connectivity index (χ2n) is 5.48. The van der Waals surface area contributed by atoms with Crippen molar-refractivity contribution in [3.63, 3.8) is 0 Å². The number of benzene rings is 1. The summed E-state index contributed by atoms with van der Waals surface area (Å²) in [6, 6.07) is 8.12. The lowest BCUT2D eigenvalue weighted by Crippen LogP contribution is -2.12. The number of rotatable bonds is 0. The van der Waals surface area contributed by atoms with Crippen molar-refractivity contribution in [1.29, 1.82) is 0 Å². The molecule has 0 saturated heterocycles. The van der Waals surface area contributed by atoms with Gasteiger partial charge in [0.25, 0.3) is 0 Å². The molecule has 0 radical (unpaired) electrons. The number of hydrogen-bond donors (Lipinski definition) is 0. The molecule has 2 heteroatoms. The zero-order valence-corrected chi connectivity index (χ0v) is 14.8. The van der Waals surface area contributed by atoms with Gasteiger partial charge < -0.3 is 0 Å². The Bertz CT molecular complexity index is 869. The van der Waals surface area contributed by atoms with Crippen LogP contribution in [-0.4, -0.2) is 9.97 Å². The Balaban J connectivity index is 0.000000396. The largest absolute Gasteiger partial charge is 0.248 e. The third kappa shape index (κ3) is 2.43. The third-order valence-electron chi connectivity index (χ3n) is 4.41. The molecule has 2 aromatic rings. The number of nitrogens with zero attached hydrogens (tertiary/aromatic N) is 2. The fourth-order valence-electron chi connectivity index (χ4n) is 3.54. The molecule has 122 valence electrons. The van der Waals surface area contributed by atoms with Gasteiger partial charge >= 0.3 is 0 Å². The van der Waals surface area contributed by atoms with Crippen LogP contribution >= 0.6 is 0 Å². The van der Waals surface area contributed by atoms with Gasteiger partial charge in [-0.25, -0.2) is 9.97 Å². The zero-order chi connectivity index (χ0) is 17.1. The van der Waals surface area contributed by atoms with Crippen LogP contribution in [0.3, 0.4) is 0 Å². The molecular weight excluding hydrogens is 292 g/mol. The summed E-state index contributed by atoms with van der Waals surface area (Å²) in [5.41, 5.74) is 6.88. The van der Waals surface area contributed by atoms with Gasteiger partial charge in [-0.3, -0.25) is 0 Å². The Kier molecular flexibility index (Phi) is 4.75. The van der Waals surface area contributed by atoms with Crippen molar-refractivity contribution < 1.29 is 0 Å². The first-order valence-electron chi connectivity index (χ1n) is 8.95. The van der Waals surface area contributed by atoms with E-state index < -0.39 is 0 Å². The fourth-order valence-corrected chi connectivity index (χ4v) is 3.54. The molecule has 2 unspecified atom stereocenters. The second-order valence-corrected chi connectivity index (χ2v) is 5.48. The Morgan fingerprint density at radius 2 is 1.54 bits per heavy atom. The molecule has 5 rings (SSSR count). The van der Waals surface area contributed by atoms with Crippen molar-refractivity contribution in [2.24, 2.45) is 5.92 Å². The van der Waals surface area contributed by atoms with Crippen LogP contribution in [0, 0.1) is 5.92 Å². The lowest BCUT2D eigenvalue weighted by molar-refractivity contribution is 0.707. The average molecular weight is 316 g/mol. The lowest BCUT2D eigenvalue weighted by Gasteiger charge is -2.24. The van der Waals surface area contributed by atoms with Gasteiger partial charge in [0.1, 0.15) is 0 Å². The van der Waals surface area contributed by atoms with Crippen molar-refractivity contribution in [3.05, 3.63) is 77.7 Å². The van der Waals surface area contributed by atoms with Crippen molar-refractivity contribution in [2.75, 3.05) is 0 Å². The molecule has 3 aliphatic carbocycles. The minimum atomic E-state index is 0.346. The number of hydrogen-bond acceptors (Lipinski definition) is 2. The summed E-state index contributed by atoms with van der Waals surface area (Å²) >= 11 is 0. The first-order valence-corrected chi connectivity index (χ1v) is 8.95. The van der Waals surface area contributed by atoms with Gasteiger partial charge in [0, 0.05) is 11.8 Å². The molecule has 0 fully saturated rings. The van der Waals surface area contributed by atoms with Crippen LogP contribution in [0.1, 0.15) is 45.0 Å². The van der Waals surface area contributed by atoms with Crippen molar-refractivity contribution in [3.8, 4) is 0 Å². The smallest absolute Gasteiger partial charge is 0.0897 e. The van der Waals surface area contributed by atoms with Crippen LogP contribution in [0.4, 0.5) is 0 Å². The van der Waals surface area contributed by atoms with Gasteiger partial charge in [0.2, 0.25) is 0 Å². The van der Waals surface area contributed by atoms with E-state index in [4.69, 9.17) is 9.97 Å². The van der Waals surface area contributed by atoms with E-state index in [-0.39, 0.29) is 0 Å². The number of aromatic nitrogens is 2. The van der Waals surface area contributed by atoms with E-state index in [1.807, 2.05) is 52.0 Å². The molecule has 0 saturated carbocycles. The second kappa shape index (κ2) is 6.96. The standard InChI is InChI=1S/C18H12N2.2C2H6/c1-2-10-15-14(9-1)19-17-12-7-3-5-11-6-4-8-13(16(11)12)18(17)20-15;2*1-2/h1-10,12,16H;2*1-2H3. The Morgan fingerprint density at radius 3 is 2.29 bits per heavy atom. The maximum atomic E-state index is 4.89. The summed E-state index contributed by atoms with van der Waals surface area (Å²) in [6.45, 7) is 8.00. The molecule has 2 nitrogen and oxygen atoms in total. The SMILES string of the molecule is C1=CC2=CC=CC3c4nc5ccccc5nc4C(=C1)C23.CC.CC. The first kappa shape index (κ1) is 16.4. The van der Waals surface area contributed by atoms with E-state index in [0.29, 0.717) is 11.8 Å². The summed E-state index contributed by atoms with van der Waals surface area (Å²) in [5.74, 6) is 0.759. The van der Waals surface area contributed by atoms with E-state index in [1.165, 1.54) is 11.1 Å². The van der Waals surface area contributed by atoms with Crippen LogP contribution < -0.4 is 0 Å². The van der Waals surface area contributed by atoms with Gasteiger partial charge in [-0.15, -0.1) is 0 Å². The maximum absolute atomic E-state index is 4.89. The molecule has 1 aromatic heterocycles. The molecule has 1 heterocycles. The van der Waals surface area contributed by atoms with Crippen molar-refractivity contribution in [1.82, 2.24) is 9.97 Å². The molecule has 1 aromatic carbocycles. The van der Waals surface area contributed by atoms with Gasteiger partial charge in [0.15, 0.2) is 0 Å². The molecule has 3 aliphatic rings. The molecule has 0 N–H and O–H groups in total. The van der Waals surface area contributed by atoms with Crippen LogP contribution in [0.2, 0.25) is 0 Å². The van der Waals surface area contributed by atoms with E-state index in [2.05, 4.69) is 36.5 Å². The highest BCUT2D eigenvalue weighted by Crippen LogP contribution is 2.51. The number of fused-ring (bicyclic) bond motifs is 4. The number of allylic oxidation sites excluding steroid dienone is 8. The highest BCUT2D eigenvalue weighted by atomic mass is 14.9. The normalized spacial score (nSPS) is 21.5. The van der Waals surface area contributed by atoms with Gasteiger partial charge in [0.05, 0.1) is 22.4 Å². The van der Waals surface area contributed by atoms with E-state index in [9.17, 15) is 0 Å². The Hall–Kier alpha value is -2.48. The quantitative estimate of drug-likeness (QED) is 0.609. The van der Waals surface area contributed by atoms with Gasteiger partial charge in [-0.2, -0.15) is 0 Å². The monoisotopic (exact) mass is 316 g/mol. The van der Waals surface area contributed by atoms with Gasteiger partial charge in [-0.1, -0.05) is 76.3 Å². The summed E-state index contributed by atoms with van der Waals surface area (Å²) in [6.07, 6.45) is 13.1. The van der Waals surface area contributed by atoms with Gasteiger partial charge in [-0.05, 0) is 23.3 Å². The van der Waals surface area contributed by atoms with E-state index >= 15 is 0 Å². The van der Waals surface area contributed by atoms with Crippen LogP contribution in [0.25, 0.3) is 16.6 Å². The molecule has 24 heavy (non-hydrogen) atoms. The third-order valence-corrected chi connectivity index (χ3v) is 4.41. The molecule has 0 bridgehead atoms. The first-order chi connectivity index (χ1) is 11.9. The van der Waals surface area contributed by atoms with Crippen LogP contribution in [-0.2, 0) is 0 Å². The van der Waals surface area contributed by atoms with E-state index in [1.54, 1.807) is 0 Å². The Labute approximate surface area is 144 Å². The molecular formula is C22H24N2. The zero-order valence-electron chi connectivity index (χ0n) is 14.8.